The second-order valence-electron chi connectivity index (χ2n) is 8.48. The van der Waals surface area contributed by atoms with Gasteiger partial charge in [-0.3, -0.25) is 14.4 Å². The number of nitrogens with zero attached hydrogens (tertiary/aromatic N) is 2. The van der Waals surface area contributed by atoms with E-state index < -0.39 is 25.0 Å². The first kappa shape index (κ1) is 18.7. The largest absolute Gasteiger partial charge is 0.489 e. The van der Waals surface area contributed by atoms with Gasteiger partial charge in [0.1, 0.15) is 25.0 Å². The van der Waals surface area contributed by atoms with Crippen molar-refractivity contribution in [2.45, 2.75) is 38.6 Å². The fourth-order valence-corrected chi connectivity index (χ4v) is 4.36. The number of rotatable bonds is 6. The zero-order chi connectivity index (χ0) is 26.3. The van der Waals surface area contributed by atoms with E-state index in [-0.39, 0.29) is 31.6 Å². The summed E-state index contributed by atoms with van der Waals surface area (Å²) in [7, 11) is 0. The Morgan fingerprint density at radius 1 is 1.15 bits per heavy atom. The van der Waals surface area contributed by atoms with Gasteiger partial charge >= 0.3 is 0 Å². The summed E-state index contributed by atoms with van der Waals surface area (Å²) in [6.07, 6.45) is 1.16. The third-order valence-electron chi connectivity index (χ3n) is 6.20. The summed E-state index contributed by atoms with van der Waals surface area (Å²) in [6.45, 7) is 0.603. The second-order valence-corrected chi connectivity index (χ2v) is 8.48. The van der Waals surface area contributed by atoms with Crippen LogP contribution in [-0.4, -0.2) is 53.2 Å². The first-order valence-corrected chi connectivity index (χ1v) is 11.1. The molecule has 5 rings (SSSR count). The third kappa shape index (κ3) is 4.41. The molecular weight excluding hydrogens is 434 g/mol. The van der Waals surface area contributed by atoms with E-state index in [4.69, 9.17) is 13.6 Å². The maximum atomic E-state index is 13.0. The molecule has 3 aliphatic rings. The Morgan fingerprint density at radius 3 is 2.74 bits per heavy atom. The molecule has 34 heavy (non-hydrogen) atoms. The van der Waals surface area contributed by atoms with Crippen molar-refractivity contribution in [1.82, 2.24) is 15.1 Å². The van der Waals surface area contributed by atoms with Crippen LogP contribution in [0, 0.1) is 0 Å². The normalized spacial score (nSPS) is 25.4. The average molecular weight is 465 g/mol. The Kier molecular flexibility index (Phi) is 5.13. The highest BCUT2D eigenvalue weighted by atomic mass is 16.5. The standard InChI is InChI=1S/C26H27N3O5/c1-17-5-10-22(25(31)27-17)29-14-21-20(26(29)32)3-2-4-23(21)34-15-19-8-6-18(7-9-19)13-28-11-12-33-16-24(28)30/h2-4,6-9,22H,1,5,10-16H2,(H,27,31)/i11D2,16D. The number of piperidine rings is 1. The van der Waals surface area contributed by atoms with Gasteiger partial charge in [0.25, 0.3) is 5.91 Å². The van der Waals surface area contributed by atoms with Gasteiger partial charge in [0, 0.05) is 29.9 Å². The van der Waals surface area contributed by atoms with E-state index in [1.54, 1.807) is 35.2 Å². The molecule has 0 bridgehead atoms. The molecule has 8 nitrogen and oxygen atoms in total. The molecule has 2 saturated heterocycles. The predicted molar refractivity (Wildman–Crippen MR) is 124 cm³/mol. The summed E-state index contributed by atoms with van der Waals surface area (Å²) in [5, 5.41) is 2.74. The van der Waals surface area contributed by atoms with Crippen molar-refractivity contribution in [2.75, 3.05) is 19.7 Å². The smallest absolute Gasteiger partial charge is 0.255 e. The summed E-state index contributed by atoms with van der Waals surface area (Å²) < 4.78 is 34.6. The highest BCUT2D eigenvalue weighted by Gasteiger charge is 2.39. The van der Waals surface area contributed by atoms with Crippen LogP contribution in [-0.2, 0) is 34.0 Å². The highest BCUT2D eigenvalue weighted by molar-refractivity contribution is 6.02. The molecule has 0 aromatic heterocycles. The van der Waals surface area contributed by atoms with E-state index in [1.165, 1.54) is 0 Å². The first-order chi connectivity index (χ1) is 17.6. The number of carbonyl (C=O) groups excluding carboxylic acids is 3. The molecule has 2 aromatic carbocycles. The molecule has 176 valence electrons. The Balaban J connectivity index is 1.24. The average Bonchev–Trinajstić information content (AvgIpc) is 3.20. The zero-order valence-electron chi connectivity index (χ0n) is 21.6. The highest BCUT2D eigenvalue weighted by Crippen LogP contribution is 2.34. The van der Waals surface area contributed by atoms with Crippen LogP contribution < -0.4 is 10.1 Å². The second kappa shape index (κ2) is 9.30. The van der Waals surface area contributed by atoms with Crippen LogP contribution >= 0.6 is 0 Å². The van der Waals surface area contributed by atoms with E-state index in [0.29, 0.717) is 42.0 Å². The molecule has 3 aliphatic heterocycles. The third-order valence-corrected chi connectivity index (χ3v) is 6.20. The number of allylic oxidation sites excluding steroid dienone is 1. The van der Waals surface area contributed by atoms with Gasteiger partial charge in [-0.2, -0.15) is 0 Å². The first-order valence-electron chi connectivity index (χ1n) is 12.7. The SMILES string of the molecule is [2H]C1OCC([2H])([2H])N(Cc2ccc(COc3cccc4c3CN(C3CCC(=C)NC3=O)C4=O)cc2)C1=O. The molecule has 2 fully saturated rings. The van der Waals surface area contributed by atoms with Crippen molar-refractivity contribution >= 4 is 17.7 Å². The van der Waals surface area contributed by atoms with E-state index >= 15 is 0 Å². The number of hydrogen-bond acceptors (Lipinski definition) is 5. The van der Waals surface area contributed by atoms with E-state index in [2.05, 4.69) is 11.9 Å². The molecule has 0 aliphatic carbocycles. The number of nitrogens with one attached hydrogen (secondary N) is 1. The van der Waals surface area contributed by atoms with Crippen molar-refractivity contribution < 1.29 is 28.0 Å². The molecule has 2 unspecified atom stereocenters. The topological polar surface area (TPSA) is 88.2 Å². The minimum atomic E-state index is -1.98. The fourth-order valence-electron chi connectivity index (χ4n) is 4.36. The van der Waals surface area contributed by atoms with Crippen LogP contribution in [0.25, 0.3) is 0 Å². The fraction of sp³-hybridized carbons (Fsp3) is 0.346. The molecule has 0 saturated carbocycles. The summed E-state index contributed by atoms with van der Waals surface area (Å²) in [5.41, 5.74) is 3.51. The quantitative estimate of drug-likeness (QED) is 0.709. The maximum absolute atomic E-state index is 13.0. The van der Waals surface area contributed by atoms with Gasteiger partial charge in [-0.1, -0.05) is 36.9 Å². The maximum Gasteiger partial charge on any atom is 0.255 e. The monoisotopic (exact) mass is 464 g/mol. The number of amides is 3. The molecular formula is C26H27N3O5. The van der Waals surface area contributed by atoms with Crippen molar-refractivity contribution in [2.24, 2.45) is 0 Å². The van der Waals surface area contributed by atoms with Gasteiger partial charge in [-0.15, -0.1) is 0 Å². The molecule has 2 aromatic rings. The molecule has 8 heteroatoms. The van der Waals surface area contributed by atoms with Crippen molar-refractivity contribution in [3.8, 4) is 5.75 Å². The zero-order valence-corrected chi connectivity index (χ0v) is 18.6. The Labute approximate surface area is 202 Å². The molecule has 3 amide bonds. The van der Waals surface area contributed by atoms with Crippen LogP contribution in [0.3, 0.4) is 0 Å². The minimum absolute atomic E-state index is 0.0257. The van der Waals surface area contributed by atoms with Crippen molar-refractivity contribution in [1.29, 1.82) is 0 Å². The van der Waals surface area contributed by atoms with Gasteiger partial charge < -0.3 is 24.6 Å². The lowest BCUT2D eigenvalue weighted by atomic mass is 10.0. The summed E-state index contributed by atoms with van der Waals surface area (Å²) in [5.74, 6) is -0.539. The molecule has 0 radical (unpaired) electrons. The number of benzene rings is 2. The summed E-state index contributed by atoms with van der Waals surface area (Å²) in [6, 6.07) is 12.0. The lowest BCUT2D eigenvalue weighted by Crippen LogP contribution is -2.49. The number of hydrogen-bond donors (Lipinski definition) is 1. The molecule has 1 N–H and O–H groups in total. The van der Waals surface area contributed by atoms with Crippen LogP contribution in [0.5, 0.6) is 5.75 Å². The van der Waals surface area contributed by atoms with Gasteiger partial charge in [0.05, 0.1) is 17.3 Å². The van der Waals surface area contributed by atoms with Crippen molar-refractivity contribution in [3.05, 3.63) is 77.0 Å². The lowest BCUT2D eigenvalue weighted by Gasteiger charge is -2.31. The molecule has 2 atom stereocenters. The number of morpholine rings is 1. The Bertz CT molecular complexity index is 1270. The number of ether oxygens (including phenoxy) is 2. The van der Waals surface area contributed by atoms with E-state index in [0.717, 1.165) is 16.0 Å². The molecule has 3 heterocycles. The number of fused-ring (bicyclic) bond motifs is 1. The van der Waals surface area contributed by atoms with Gasteiger partial charge in [0.15, 0.2) is 0 Å². The van der Waals surface area contributed by atoms with Crippen molar-refractivity contribution in [3.63, 3.8) is 0 Å². The van der Waals surface area contributed by atoms with Crippen LogP contribution in [0.4, 0.5) is 0 Å². The van der Waals surface area contributed by atoms with Gasteiger partial charge in [-0.05, 0) is 36.1 Å². The van der Waals surface area contributed by atoms with Crippen LogP contribution in [0.15, 0.2) is 54.7 Å². The Morgan fingerprint density at radius 2 is 1.94 bits per heavy atom. The van der Waals surface area contributed by atoms with Crippen LogP contribution in [0.1, 0.15) is 44.0 Å². The lowest BCUT2D eigenvalue weighted by molar-refractivity contribution is -0.143. The summed E-state index contributed by atoms with van der Waals surface area (Å²) in [4.78, 5) is 40.3. The van der Waals surface area contributed by atoms with Crippen LogP contribution in [0.2, 0.25) is 0 Å². The molecule has 0 spiro atoms. The number of carbonyl (C=O) groups is 3. The summed E-state index contributed by atoms with van der Waals surface area (Å²) >= 11 is 0. The van der Waals surface area contributed by atoms with Gasteiger partial charge in [0.2, 0.25) is 11.8 Å². The van der Waals surface area contributed by atoms with E-state index in [1.807, 2.05) is 12.1 Å². The Hall–Kier alpha value is -3.65. The predicted octanol–water partition coefficient (Wildman–Crippen LogP) is 2.37. The van der Waals surface area contributed by atoms with Gasteiger partial charge in [-0.25, -0.2) is 0 Å². The minimum Gasteiger partial charge on any atom is -0.489 e. The van der Waals surface area contributed by atoms with E-state index in [9.17, 15) is 14.4 Å².